The average Bonchev–Trinajstić information content (AvgIpc) is 3.17. The third kappa shape index (κ3) is 3.52. The van der Waals surface area contributed by atoms with Crippen LogP contribution >= 0.6 is 22.6 Å². The quantitative estimate of drug-likeness (QED) is 0.445. The normalized spacial score (nSPS) is 16.4. The number of benzene rings is 1. The van der Waals surface area contributed by atoms with Gasteiger partial charge in [-0.15, -0.1) is 0 Å². The molecule has 1 aromatic carbocycles. The predicted octanol–water partition coefficient (Wildman–Crippen LogP) is 2.76. The maximum Gasteiger partial charge on any atom is 0.257 e. The smallest absolute Gasteiger partial charge is 0.257 e. The molecule has 1 aliphatic rings. The van der Waals surface area contributed by atoms with Gasteiger partial charge in [0.2, 0.25) is 0 Å². The van der Waals surface area contributed by atoms with Crippen molar-refractivity contribution in [2.45, 2.75) is 18.6 Å². The van der Waals surface area contributed by atoms with Crippen LogP contribution < -0.4 is 10.6 Å². The minimum absolute atomic E-state index is 0.0175. The molecule has 1 aliphatic heterocycles. The second-order valence-electron chi connectivity index (χ2n) is 7.41. The van der Waals surface area contributed by atoms with E-state index in [2.05, 4.69) is 15.6 Å². The number of hydrogen-bond donors (Lipinski definition) is 3. The van der Waals surface area contributed by atoms with E-state index in [-0.39, 0.29) is 41.7 Å². The van der Waals surface area contributed by atoms with Crippen molar-refractivity contribution in [3.63, 3.8) is 0 Å². The minimum atomic E-state index is -1.06. The van der Waals surface area contributed by atoms with E-state index in [1.54, 1.807) is 13.1 Å². The molecule has 1 amide bonds. The first kappa shape index (κ1) is 20.9. The minimum Gasteiger partial charge on any atom is -0.385 e. The summed E-state index contributed by atoms with van der Waals surface area (Å²) >= 11 is 1.98. The van der Waals surface area contributed by atoms with Crippen molar-refractivity contribution in [1.82, 2.24) is 19.6 Å². The molecular formula is C20H20F2IN5O2. The van der Waals surface area contributed by atoms with Crippen molar-refractivity contribution < 1.29 is 18.7 Å². The van der Waals surface area contributed by atoms with Crippen LogP contribution in [0.25, 0.3) is 5.65 Å². The molecule has 158 valence electrons. The third-order valence-corrected chi connectivity index (χ3v) is 6.17. The first-order valence-corrected chi connectivity index (χ1v) is 10.4. The summed E-state index contributed by atoms with van der Waals surface area (Å²) in [6.45, 7) is 2.04. The fourth-order valence-corrected chi connectivity index (χ4v) is 3.96. The van der Waals surface area contributed by atoms with Crippen molar-refractivity contribution in [1.29, 1.82) is 0 Å². The van der Waals surface area contributed by atoms with Gasteiger partial charge in [-0.2, -0.15) is 0 Å². The van der Waals surface area contributed by atoms with Crippen LogP contribution in [0.2, 0.25) is 0 Å². The van der Waals surface area contributed by atoms with Gasteiger partial charge < -0.3 is 25.0 Å². The largest absolute Gasteiger partial charge is 0.385 e. The number of nitrogens with zero attached hydrogens (tertiary/aromatic N) is 3. The molecule has 0 bridgehead atoms. The summed E-state index contributed by atoms with van der Waals surface area (Å²) in [5, 5.41) is 16.3. The monoisotopic (exact) mass is 527 g/mol. The molecule has 1 atom stereocenters. The lowest BCUT2D eigenvalue weighted by molar-refractivity contribution is -0.0990. The van der Waals surface area contributed by atoms with Gasteiger partial charge in [0, 0.05) is 28.2 Å². The molecule has 1 saturated heterocycles. The zero-order valence-electron chi connectivity index (χ0n) is 16.3. The van der Waals surface area contributed by atoms with Crippen molar-refractivity contribution in [3.8, 4) is 0 Å². The van der Waals surface area contributed by atoms with Crippen LogP contribution in [-0.4, -0.2) is 57.1 Å². The molecule has 0 unspecified atom stereocenters. The molecule has 0 saturated carbocycles. The summed E-state index contributed by atoms with van der Waals surface area (Å²) in [4.78, 5) is 18.6. The number of rotatable bonds is 5. The summed E-state index contributed by atoms with van der Waals surface area (Å²) in [6, 6.07) is 4.25. The van der Waals surface area contributed by atoms with Crippen LogP contribution in [-0.2, 0) is 0 Å². The molecule has 10 heteroatoms. The molecule has 30 heavy (non-hydrogen) atoms. The molecule has 0 aliphatic carbocycles. The fourth-order valence-electron chi connectivity index (χ4n) is 3.50. The number of hydrogen-bond acceptors (Lipinski definition) is 5. The van der Waals surface area contributed by atoms with E-state index in [9.17, 15) is 14.3 Å². The average molecular weight is 527 g/mol. The van der Waals surface area contributed by atoms with Crippen molar-refractivity contribution >= 4 is 45.5 Å². The zero-order chi connectivity index (χ0) is 21.6. The van der Waals surface area contributed by atoms with Gasteiger partial charge in [-0.05, 0) is 54.8 Å². The number of anilines is 2. The highest BCUT2D eigenvalue weighted by Crippen LogP contribution is 2.32. The molecule has 3 aromatic rings. The fraction of sp³-hybridized carbons (Fsp3) is 0.300. The van der Waals surface area contributed by atoms with Gasteiger partial charge in [0.05, 0.1) is 30.0 Å². The molecule has 7 nitrogen and oxygen atoms in total. The number of likely N-dealkylation sites (N-methyl/N-ethyl adjacent to an activating group) is 1. The molecule has 4 rings (SSSR count). The molecule has 1 fully saturated rings. The topological polar surface area (TPSA) is 81.9 Å². The first-order chi connectivity index (χ1) is 14.2. The summed E-state index contributed by atoms with van der Waals surface area (Å²) in [5.41, 5.74) is -1.13. The summed E-state index contributed by atoms with van der Waals surface area (Å²) < 4.78 is 31.7. The van der Waals surface area contributed by atoms with Crippen LogP contribution in [0, 0.1) is 15.2 Å². The number of aromatic nitrogens is 2. The number of halogens is 3. The maximum atomic E-state index is 15.2. The number of pyridine rings is 1. The van der Waals surface area contributed by atoms with Gasteiger partial charge in [0.25, 0.3) is 5.91 Å². The maximum absolute atomic E-state index is 15.2. The van der Waals surface area contributed by atoms with E-state index in [1.807, 2.05) is 29.5 Å². The second-order valence-corrected chi connectivity index (χ2v) is 8.66. The van der Waals surface area contributed by atoms with E-state index in [0.29, 0.717) is 3.57 Å². The van der Waals surface area contributed by atoms with E-state index in [1.165, 1.54) is 40.0 Å². The highest BCUT2D eigenvalue weighted by molar-refractivity contribution is 14.1. The number of likely N-dealkylation sites (tertiary alicyclic amines) is 1. The van der Waals surface area contributed by atoms with Gasteiger partial charge >= 0.3 is 0 Å². The van der Waals surface area contributed by atoms with Crippen LogP contribution in [0.5, 0.6) is 0 Å². The Labute approximate surface area is 185 Å². The second kappa shape index (κ2) is 7.75. The Balaban J connectivity index is 1.72. The summed E-state index contributed by atoms with van der Waals surface area (Å²) in [5.74, 6) is -1.79. The van der Waals surface area contributed by atoms with Crippen LogP contribution in [0.3, 0.4) is 0 Å². The van der Waals surface area contributed by atoms with Gasteiger partial charge in [-0.1, -0.05) is 0 Å². The molecule has 2 aromatic heterocycles. The Morgan fingerprint density at radius 1 is 1.37 bits per heavy atom. The Kier molecular flexibility index (Phi) is 5.41. The van der Waals surface area contributed by atoms with Crippen molar-refractivity contribution in [2.24, 2.45) is 0 Å². The number of amides is 1. The van der Waals surface area contributed by atoms with Gasteiger partial charge in [-0.3, -0.25) is 4.79 Å². The molecule has 0 spiro atoms. The number of carbonyl (C=O) groups is 1. The number of aliphatic hydroxyl groups is 1. The van der Waals surface area contributed by atoms with Crippen molar-refractivity contribution in [3.05, 3.63) is 57.6 Å². The predicted molar refractivity (Wildman–Crippen MR) is 117 cm³/mol. The number of carbonyl (C=O) groups excluding carboxylic acids is 1. The van der Waals surface area contributed by atoms with E-state index in [4.69, 9.17) is 0 Å². The van der Waals surface area contributed by atoms with Gasteiger partial charge in [0.1, 0.15) is 11.4 Å². The summed E-state index contributed by atoms with van der Waals surface area (Å²) in [7, 11) is 1.73. The van der Waals surface area contributed by atoms with Crippen molar-refractivity contribution in [2.75, 3.05) is 25.5 Å². The SMILES string of the molecule is CN[C@@H](C)C1(O)CN(C(=O)c2cn3ccnc3c(F)c2Nc2ccc(I)cc2F)C1. The van der Waals surface area contributed by atoms with Crippen LogP contribution in [0.15, 0.2) is 36.8 Å². The highest BCUT2D eigenvalue weighted by atomic mass is 127. The Morgan fingerprint density at radius 3 is 2.77 bits per heavy atom. The van der Waals surface area contributed by atoms with E-state index >= 15 is 4.39 Å². The van der Waals surface area contributed by atoms with E-state index < -0.39 is 23.1 Å². The Morgan fingerprint density at radius 2 is 2.10 bits per heavy atom. The molecule has 0 radical (unpaired) electrons. The molecular weight excluding hydrogens is 507 g/mol. The van der Waals surface area contributed by atoms with Gasteiger partial charge in [-0.25, -0.2) is 13.8 Å². The first-order valence-electron chi connectivity index (χ1n) is 9.29. The Bertz CT molecular complexity index is 1130. The van der Waals surface area contributed by atoms with Crippen LogP contribution in [0.4, 0.5) is 20.2 Å². The highest BCUT2D eigenvalue weighted by Gasteiger charge is 2.47. The lowest BCUT2D eigenvalue weighted by atomic mass is 9.86. The number of fused-ring (bicyclic) bond motifs is 1. The summed E-state index contributed by atoms with van der Waals surface area (Å²) in [6.07, 6.45) is 4.40. The van der Waals surface area contributed by atoms with E-state index in [0.717, 1.165) is 0 Å². The third-order valence-electron chi connectivity index (χ3n) is 5.50. The molecule has 3 heterocycles. The number of β-amino-alcohol motifs (C(OH)–C–C–N with tert-alkyl or cyclic N) is 1. The zero-order valence-corrected chi connectivity index (χ0v) is 18.4. The Hall–Kier alpha value is -2.31. The van der Waals surface area contributed by atoms with Crippen LogP contribution in [0.1, 0.15) is 17.3 Å². The number of nitrogens with one attached hydrogen (secondary N) is 2. The standard InChI is InChI=1S/C20H20F2IN5O2/c1-11(24-2)20(30)9-28(10-20)19(29)13-8-27-6-5-25-18(27)16(22)17(13)26-15-4-3-12(23)7-14(15)21/h3-8,11,24,26,30H,9-10H2,1-2H3/t11-/m0/s1. The number of imidazole rings is 1. The lowest BCUT2D eigenvalue weighted by Gasteiger charge is -2.49. The van der Waals surface area contributed by atoms with Gasteiger partial charge in [0.15, 0.2) is 11.5 Å². The molecule has 3 N–H and O–H groups in total. The lowest BCUT2D eigenvalue weighted by Crippen LogP contribution is -2.70.